The van der Waals surface area contributed by atoms with Gasteiger partial charge in [0.05, 0.1) is 6.61 Å². The van der Waals surface area contributed by atoms with Crippen molar-refractivity contribution in [1.82, 2.24) is 5.32 Å². The predicted molar refractivity (Wildman–Crippen MR) is 99.4 cm³/mol. The second-order valence-corrected chi connectivity index (χ2v) is 6.87. The summed E-state index contributed by atoms with van der Waals surface area (Å²) in [5.74, 6) is 0.285. The highest BCUT2D eigenvalue weighted by Gasteiger charge is 2.50. The molecule has 2 aliphatic heterocycles. The highest BCUT2D eigenvalue weighted by atomic mass is 16.7. The zero-order valence-corrected chi connectivity index (χ0v) is 15.4. The summed E-state index contributed by atoms with van der Waals surface area (Å²) in [6.45, 7) is 1.62. The Hall–Kier alpha value is -2.45. The fourth-order valence-electron chi connectivity index (χ4n) is 3.49. The van der Waals surface area contributed by atoms with Gasteiger partial charge in [0.25, 0.3) is 0 Å². The van der Waals surface area contributed by atoms with E-state index in [4.69, 9.17) is 18.9 Å². The van der Waals surface area contributed by atoms with Crippen molar-refractivity contribution in [2.24, 2.45) is 0 Å². The first-order chi connectivity index (χ1) is 13.6. The average Bonchev–Trinajstić information content (AvgIpc) is 2.72. The molecule has 0 bridgehead atoms. The van der Waals surface area contributed by atoms with E-state index in [-0.39, 0.29) is 12.5 Å². The second kappa shape index (κ2) is 8.28. The van der Waals surface area contributed by atoms with Gasteiger partial charge >= 0.3 is 0 Å². The van der Waals surface area contributed by atoms with Crippen LogP contribution in [0.5, 0.6) is 5.75 Å². The lowest BCUT2D eigenvalue weighted by molar-refractivity contribution is -0.333. The number of aliphatic hydroxyl groups excluding tert-OH is 1. The number of carbonyl (C=O) groups is 1. The Bertz CT molecular complexity index is 786. The highest BCUT2D eigenvalue weighted by molar-refractivity contribution is 5.73. The van der Waals surface area contributed by atoms with Gasteiger partial charge < -0.3 is 29.4 Å². The lowest BCUT2D eigenvalue weighted by Crippen LogP contribution is -2.67. The Balaban J connectivity index is 1.53. The van der Waals surface area contributed by atoms with Gasteiger partial charge in [-0.25, -0.2) is 0 Å². The van der Waals surface area contributed by atoms with Crippen LogP contribution in [-0.2, 0) is 19.0 Å². The van der Waals surface area contributed by atoms with E-state index in [9.17, 15) is 9.90 Å². The molecular weight excluding hydrogens is 362 g/mol. The van der Waals surface area contributed by atoms with Crippen molar-refractivity contribution >= 4 is 5.91 Å². The maximum atomic E-state index is 11.7. The number of rotatable bonds is 4. The van der Waals surface area contributed by atoms with Crippen LogP contribution >= 0.6 is 0 Å². The van der Waals surface area contributed by atoms with Crippen LogP contribution in [0, 0.1) is 0 Å². The van der Waals surface area contributed by atoms with E-state index in [1.807, 2.05) is 48.5 Å². The number of aliphatic hydroxyl groups is 1. The summed E-state index contributed by atoms with van der Waals surface area (Å²) in [6, 6.07) is 17.8. The Labute approximate surface area is 163 Å². The summed E-state index contributed by atoms with van der Waals surface area (Å²) in [4.78, 5) is 11.7. The molecule has 2 N–H and O–H groups in total. The molecule has 1 amide bonds. The van der Waals surface area contributed by atoms with Gasteiger partial charge in [0.2, 0.25) is 12.2 Å². The number of amides is 1. The number of carbonyl (C=O) groups excluding carboxylic acids is 1. The molecule has 0 spiro atoms. The number of nitrogens with one attached hydrogen (secondary N) is 1. The molecule has 0 aliphatic carbocycles. The van der Waals surface area contributed by atoms with Crippen molar-refractivity contribution in [3.63, 3.8) is 0 Å². The van der Waals surface area contributed by atoms with Gasteiger partial charge in [-0.15, -0.1) is 0 Å². The van der Waals surface area contributed by atoms with Gasteiger partial charge in [-0.1, -0.05) is 48.5 Å². The molecule has 0 aromatic heterocycles. The quantitative estimate of drug-likeness (QED) is 0.834. The number of para-hydroxylation sites is 1. The lowest BCUT2D eigenvalue weighted by Gasteiger charge is -2.47. The van der Waals surface area contributed by atoms with Crippen LogP contribution in [-0.4, -0.2) is 48.3 Å². The molecule has 7 heteroatoms. The monoisotopic (exact) mass is 385 g/mol. The van der Waals surface area contributed by atoms with Crippen molar-refractivity contribution in [2.45, 2.75) is 43.9 Å². The Kier molecular flexibility index (Phi) is 5.59. The van der Waals surface area contributed by atoms with Gasteiger partial charge in [0.1, 0.15) is 30.1 Å². The van der Waals surface area contributed by atoms with E-state index < -0.39 is 36.9 Å². The smallest absolute Gasteiger partial charge is 0.223 e. The molecule has 0 unspecified atom stereocenters. The topological polar surface area (TPSA) is 86.3 Å². The zero-order chi connectivity index (χ0) is 19.5. The van der Waals surface area contributed by atoms with Gasteiger partial charge in [-0.05, 0) is 12.1 Å². The SMILES string of the molecule is CC(=O)N[C@@H]1[C@@H](Oc2ccccc2)O[C@@H]2CO[C@H](c3ccccc3)O[C@@H]2[C@@H]1O. The fraction of sp³-hybridized carbons (Fsp3) is 0.381. The van der Waals surface area contributed by atoms with E-state index in [1.165, 1.54) is 6.92 Å². The van der Waals surface area contributed by atoms with Crippen molar-refractivity contribution in [1.29, 1.82) is 0 Å². The average molecular weight is 385 g/mol. The third-order valence-electron chi connectivity index (χ3n) is 4.80. The van der Waals surface area contributed by atoms with Crippen LogP contribution in [0.3, 0.4) is 0 Å². The Morgan fingerprint density at radius 2 is 1.75 bits per heavy atom. The van der Waals surface area contributed by atoms with Gasteiger partial charge in [-0.2, -0.15) is 0 Å². The summed E-state index contributed by atoms with van der Waals surface area (Å²) in [7, 11) is 0. The first-order valence-corrected chi connectivity index (χ1v) is 9.26. The summed E-state index contributed by atoms with van der Waals surface area (Å²) >= 11 is 0. The van der Waals surface area contributed by atoms with Crippen molar-refractivity contribution in [3.05, 3.63) is 66.2 Å². The molecular formula is C21H23NO6. The summed E-state index contributed by atoms with van der Waals surface area (Å²) in [5, 5.41) is 13.7. The molecule has 2 heterocycles. The van der Waals surface area contributed by atoms with Gasteiger partial charge in [-0.3, -0.25) is 4.79 Å². The van der Waals surface area contributed by atoms with Crippen LogP contribution in [0.4, 0.5) is 0 Å². The molecule has 4 rings (SSSR count). The molecule has 2 saturated heterocycles. The molecule has 28 heavy (non-hydrogen) atoms. The van der Waals surface area contributed by atoms with Crippen molar-refractivity contribution in [3.8, 4) is 5.75 Å². The molecule has 2 aromatic rings. The van der Waals surface area contributed by atoms with E-state index in [0.29, 0.717) is 5.75 Å². The predicted octanol–water partition coefficient (Wildman–Crippen LogP) is 1.77. The molecule has 0 saturated carbocycles. The maximum Gasteiger partial charge on any atom is 0.223 e. The van der Waals surface area contributed by atoms with E-state index in [1.54, 1.807) is 12.1 Å². The van der Waals surface area contributed by atoms with Crippen molar-refractivity contribution < 1.29 is 28.8 Å². The third-order valence-corrected chi connectivity index (χ3v) is 4.80. The lowest BCUT2D eigenvalue weighted by atomic mass is 9.95. The zero-order valence-electron chi connectivity index (χ0n) is 15.4. The first kappa shape index (κ1) is 18.9. The third kappa shape index (κ3) is 4.02. The van der Waals surface area contributed by atoms with Gasteiger partial charge in [0, 0.05) is 12.5 Å². The molecule has 148 valence electrons. The standard InChI is InChI=1S/C21H23NO6/c1-13(23)22-17-18(24)19-16(27-21(17)26-15-10-6-3-7-11-15)12-25-20(28-19)14-8-4-2-5-9-14/h2-11,16-21,24H,12H2,1H3,(H,22,23)/t16-,17+,18-,19+,20+,21+/m1/s1. The minimum absolute atomic E-state index is 0.239. The molecule has 2 aliphatic rings. The van der Waals surface area contributed by atoms with Crippen LogP contribution in [0.25, 0.3) is 0 Å². The van der Waals surface area contributed by atoms with Crippen LogP contribution in [0.2, 0.25) is 0 Å². The molecule has 2 fully saturated rings. The summed E-state index contributed by atoms with van der Waals surface area (Å²) in [6.07, 6.45) is -3.68. The van der Waals surface area contributed by atoms with Crippen LogP contribution < -0.4 is 10.1 Å². The molecule has 6 atom stereocenters. The minimum atomic E-state index is -1.02. The highest BCUT2D eigenvalue weighted by Crippen LogP contribution is 2.34. The maximum absolute atomic E-state index is 11.7. The van der Waals surface area contributed by atoms with E-state index in [2.05, 4.69) is 5.32 Å². The van der Waals surface area contributed by atoms with E-state index >= 15 is 0 Å². The summed E-state index contributed by atoms with van der Waals surface area (Å²) < 4.78 is 23.7. The summed E-state index contributed by atoms with van der Waals surface area (Å²) in [5.41, 5.74) is 0.854. The number of benzene rings is 2. The normalized spacial score (nSPS) is 32.2. The number of ether oxygens (including phenoxy) is 4. The van der Waals surface area contributed by atoms with Crippen LogP contribution in [0.15, 0.2) is 60.7 Å². The second-order valence-electron chi connectivity index (χ2n) is 6.87. The van der Waals surface area contributed by atoms with Gasteiger partial charge in [0.15, 0.2) is 6.29 Å². The fourth-order valence-corrected chi connectivity index (χ4v) is 3.49. The number of hydrogen-bond acceptors (Lipinski definition) is 6. The van der Waals surface area contributed by atoms with Crippen molar-refractivity contribution in [2.75, 3.05) is 6.61 Å². The van der Waals surface area contributed by atoms with Crippen LogP contribution in [0.1, 0.15) is 18.8 Å². The largest absolute Gasteiger partial charge is 0.463 e. The minimum Gasteiger partial charge on any atom is -0.463 e. The van der Waals surface area contributed by atoms with E-state index in [0.717, 1.165) is 5.56 Å². The Morgan fingerprint density at radius 3 is 2.43 bits per heavy atom. The molecule has 7 nitrogen and oxygen atoms in total. The number of hydrogen-bond donors (Lipinski definition) is 2. The number of fused-ring (bicyclic) bond motifs is 1. The molecule has 0 radical (unpaired) electrons. The Morgan fingerprint density at radius 1 is 1.07 bits per heavy atom. The first-order valence-electron chi connectivity index (χ1n) is 9.26. The molecule has 2 aromatic carbocycles.